The number of nitrogens with one attached hydrogen (secondary N) is 1. The van der Waals surface area contributed by atoms with E-state index in [0.717, 1.165) is 11.4 Å². The number of anilines is 3. The Morgan fingerprint density at radius 1 is 1.20 bits per heavy atom. The summed E-state index contributed by atoms with van der Waals surface area (Å²) in [7, 11) is 1.93. The molecule has 0 aliphatic carbocycles. The Kier molecular flexibility index (Phi) is 4.25. The second-order valence-electron chi connectivity index (χ2n) is 4.53. The third-order valence-electron chi connectivity index (χ3n) is 3.13. The molecule has 2 aromatic carbocycles. The lowest BCUT2D eigenvalue weighted by Gasteiger charge is -2.22. The fourth-order valence-electron chi connectivity index (χ4n) is 2.03. The lowest BCUT2D eigenvalue weighted by atomic mass is 10.1. The molecule has 104 valence electrons. The smallest absolute Gasteiger partial charge is 0.251 e. The van der Waals surface area contributed by atoms with Crippen LogP contribution in [0.15, 0.2) is 48.5 Å². The maximum Gasteiger partial charge on any atom is 0.251 e. The fraction of sp³-hybridized carbons (Fsp3) is 0.188. The van der Waals surface area contributed by atoms with Crippen LogP contribution < -0.4 is 16.0 Å². The normalized spacial score (nSPS) is 10.1. The monoisotopic (exact) mass is 269 g/mol. The van der Waals surface area contributed by atoms with Gasteiger partial charge in [-0.3, -0.25) is 4.79 Å². The Morgan fingerprint density at radius 2 is 1.90 bits per heavy atom. The highest BCUT2D eigenvalue weighted by Crippen LogP contribution is 2.29. The van der Waals surface area contributed by atoms with E-state index < -0.39 is 0 Å². The number of carbonyl (C=O) groups excluding carboxylic acids is 1. The summed E-state index contributed by atoms with van der Waals surface area (Å²) in [4.78, 5) is 13.9. The second kappa shape index (κ2) is 6.10. The Morgan fingerprint density at radius 3 is 2.55 bits per heavy atom. The molecule has 0 heterocycles. The van der Waals surface area contributed by atoms with E-state index in [1.165, 1.54) is 0 Å². The zero-order valence-electron chi connectivity index (χ0n) is 11.8. The molecular weight excluding hydrogens is 250 g/mol. The molecule has 0 saturated heterocycles. The molecule has 1 amide bonds. The zero-order valence-corrected chi connectivity index (χ0v) is 11.8. The van der Waals surface area contributed by atoms with Crippen LogP contribution in [-0.4, -0.2) is 19.5 Å². The van der Waals surface area contributed by atoms with Crippen LogP contribution in [0, 0.1) is 0 Å². The molecule has 0 spiro atoms. The highest BCUT2D eigenvalue weighted by molar-refractivity contribution is 5.96. The standard InChI is InChI=1S/C16H19N3O/c1-3-18-16(20)12-9-10-14(17)15(11-12)19(2)13-7-5-4-6-8-13/h4-11H,3,17H2,1-2H3,(H,18,20). The van der Waals surface area contributed by atoms with E-state index >= 15 is 0 Å². The maximum absolute atomic E-state index is 11.9. The summed E-state index contributed by atoms with van der Waals surface area (Å²) in [6, 6.07) is 15.2. The van der Waals surface area contributed by atoms with E-state index in [2.05, 4.69) is 5.32 Å². The van der Waals surface area contributed by atoms with Crippen LogP contribution in [0.3, 0.4) is 0 Å². The van der Waals surface area contributed by atoms with Gasteiger partial charge in [0.25, 0.3) is 5.91 Å². The number of nitrogens with zero attached hydrogens (tertiary/aromatic N) is 1. The molecular formula is C16H19N3O. The average Bonchev–Trinajstić information content (AvgIpc) is 2.48. The molecule has 0 radical (unpaired) electrons. The molecule has 0 aromatic heterocycles. The summed E-state index contributed by atoms with van der Waals surface area (Å²) in [6.07, 6.45) is 0. The number of nitrogens with two attached hydrogens (primary N) is 1. The molecule has 4 nitrogen and oxygen atoms in total. The third-order valence-corrected chi connectivity index (χ3v) is 3.13. The number of benzene rings is 2. The van der Waals surface area contributed by atoms with Crippen molar-refractivity contribution in [2.45, 2.75) is 6.92 Å². The fourth-order valence-corrected chi connectivity index (χ4v) is 2.03. The predicted octanol–water partition coefficient (Wildman–Crippen LogP) is 2.79. The number of carbonyl (C=O) groups is 1. The van der Waals surface area contributed by atoms with Gasteiger partial charge in [0.2, 0.25) is 0 Å². The minimum absolute atomic E-state index is 0.0878. The Bertz CT molecular complexity index is 596. The van der Waals surface area contributed by atoms with Crippen LogP contribution in [0.5, 0.6) is 0 Å². The summed E-state index contributed by atoms with van der Waals surface area (Å²) >= 11 is 0. The molecule has 0 fully saturated rings. The van der Waals surface area contributed by atoms with Gasteiger partial charge in [-0.1, -0.05) is 18.2 Å². The second-order valence-corrected chi connectivity index (χ2v) is 4.53. The predicted molar refractivity (Wildman–Crippen MR) is 83.4 cm³/mol. The van der Waals surface area contributed by atoms with Crippen molar-refractivity contribution in [3.05, 3.63) is 54.1 Å². The lowest BCUT2D eigenvalue weighted by molar-refractivity contribution is 0.0956. The first-order valence-corrected chi connectivity index (χ1v) is 6.60. The maximum atomic E-state index is 11.9. The van der Waals surface area contributed by atoms with Gasteiger partial charge in [-0.25, -0.2) is 0 Å². The molecule has 0 aliphatic heterocycles. The Balaban J connectivity index is 2.36. The number of hydrogen-bond acceptors (Lipinski definition) is 3. The van der Waals surface area contributed by atoms with Crippen molar-refractivity contribution in [2.24, 2.45) is 0 Å². The first-order chi connectivity index (χ1) is 9.63. The van der Waals surface area contributed by atoms with Crippen LogP contribution in [0.1, 0.15) is 17.3 Å². The number of rotatable bonds is 4. The van der Waals surface area contributed by atoms with E-state index in [1.54, 1.807) is 12.1 Å². The van der Waals surface area contributed by atoms with E-state index in [4.69, 9.17) is 5.73 Å². The van der Waals surface area contributed by atoms with Crippen LogP contribution in [-0.2, 0) is 0 Å². The summed E-state index contributed by atoms with van der Waals surface area (Å²) in [5.74, 6) is -0.0878. The summed E-state index contributed by atoms with van der Waals surface area (Å²) in [6.45, 7) is 2.50. The van der Waals surface area contributed by atoms with E-state index in [9.17, 15) is 4.79 Å². The number of nitrogen functional groups attached to an aromatic ring is 1. The van der Waals surface area contributed by atoms with Crippen molar-refractivity contribution < 1.29 is 4.79 Å². The van der Waals surface area contributed by atoms with Gasteiger partial charge in [0.1, 0.15) is 0 Å². The first kappa shape index (κ1) is 13.9. The molecule has 3 N–H and O–H groups in total. The molecule has 4 heteroatoms. The van der Waals surface area contributed by atoms with Gasteiger partial charge in [-0.2, -0.15) is 0 Å². The van der Waals surface area contributed by atoms with Crippen molar-refractivity contribution in [3.8, 4) is 0 Å². The van der Waals surface area contributed by atoms with Crippen LogP contribution in [0.4, 0.5) is 17.1 Å². The van der Waals surface area contributed by atoms with Crippen molar-refractivity contribution in [1.82, 2.24) is 5.32 Å². The highest BCUT2D eigenvalue weighted by Gasteiger charge is 2.11. The third kappa shape index (κ3) is 2.91. The van der Waals surface area contributed by atoms with Gasteiger partial charge in [0.15, 0.2) is 0 Å². The molecule has 0 aliphatic rings. The van der Waals surface area contributed by atoms with Crippen LogP contribution in [0.25, 0.3) is 0 Å². The SMILES string of the molecule is CCNC(=O)c1ccc(N)c(N(C)c2ccccc2)c1. The van der Waals surface area contributed by atoms with Gasteiger partial charge >= 0.3 is 0 Å². The van der Waals surface area contributed by atoms with Crippen molar-refractivity contribution in [1.29, 1.82) is 0 Å². The van der Waals surface area contributed by atoms with E-state index in [1.807, 2.05) is 55.3 Å². The Labute approximate surface area is 119 Å². The number of para-hydroxylation sites is 1. The largest absolute Gasteiger partial charge is 0.397 e. The molecule has 20 heavy (non-hydrogen) atoms. The van der Waals surface area contributed by atoms with E-state index in [-0.39, 0.29) is 5.91 Å². The van der Waals surface area contributed by atoms with Gasteiger partial charge in [-0.15, -0.1) is 0 Å². The topological polar surface area (TPSA) is 58.4 Å². The minimum atomic E-state index is -0.0878. The molecule has 0 saturated carbocycles. The zero-order chi connectivity index (χ0) is 14.5. The molecule has 0 unspecified atom stereocenters. The first-order valence-electron chi connectivity index (χ1n) is 6.60. The average molecular weight is 269 g/mol. The van der Waals surface area contributed by atoms with Crippen molar-refractivity contribution >= 4 is 23.0 Å². The molecule has 2 aromatic rings. The van der Waals surface area contributed by atoms with Crippen molar-refractivity contribution in [2.75, 3.05) is 24.2 Å². The van der Waals surface area contributed by atoms with Gasteiger partial charge in [0.05, 0.1) is 11.4 Å². The van der Waals surface area contributed by atoms with Gasteiger partial charge < -0.3 is 16.0 Å². The van der Waals surface area contributed by atoms with Gasteiger partial charge in [0, 0.05) is 24.8 Å². The van der Waals surface area contributed by atoms with Crippen molar-refractivity contribution in [3.63, 3.8) is 0 Å². The number of hydrogen-bond donors (Lipinski definition) is 2. The highest BCUT2D eigenvalue weighted by atomic mass is 16.1. The number of amides is 1. The van der Waals surface area contributed by atoms with Crippen LogP contribution >= 0.6 is 0 Å². The quantitative estimate of drug-likeness (QED) is 0.839. The van der Waals surface area contributed by atoms with E-state index in [0.29, 0.717) is 17.8 Å². The molecule has 0 bridgehead atoms. The summed E-state index contributed by atoms with van der Waals surface area (Å²) in [5, 5.41) is 2.79. The lowest BCUT2D eigenvalue weighted by Crippen LogP contribution is -2.23. The van der Waals surface area contributed by atoms with Gasteiger partial charge in [-0.05, 0) is 37.3 Å². The molecule has 0 atom stereocenters. The summed E-state index contributed by atoms with van der Waals surface area (Å²) < 4.78 is 0. The minimum Gasteiger partial charge on any atom is -0.397 e. The van der Waals surface area contributed by atoms with Crippen LogP contribution in [0.2, 0.25) is 0 Å². The Hall–Kier alpha value is -2.49. The summed E-state index contributed by atoms with van der Waals surface area (Å²) in [5.41, 5.74) is 9.12. The molecule has 2 rings (SSSR count).